The molecule has 0 spiro atoms. The molecule has 0 radical (unpaired) electrons. The summed E-state index contributed by atoms with van der Waals surface area (Å²) in [6, 6.07) is 3.96. The van der Waals surface area contributed by atoms with Crippen molar-refractivity contribution in [1.82, 2.24) is 9.29 Å². The molecule has 1 aromatic heterocycles. The Balaban J connectivity index is 1.67. The zero-order chi connectivity index (χ0) is 15.4. The van der Waals surface area contributed by atoms with Crippen LogP contribution in [0.15, 0.2) is 23.2 Å². The van der Waals surface area contributed by atoms with Crippen LogP contribution in [0.5, 0.6) is 0 Å². The van der Waals surface area contributed by atoms with Gasteiger partial charge in [-0.3, -0.25) is 0 Å². The Morgan fingerprint density at radius 1 is 1.00 bits per heavy atom. The molecule has 5 nitrogen and oxygen atoms in total. The lowest BCUT2D eigenvalue weighted by atomic mass is 9.95. The van der Waals surface area contributed by atoms with Gasteiger partial charge in [0.05, 0.1) is 0 Å². The number of piperidine rings is 1. The van der Waals surface area contributed by atoms with E-state index in [1.54, 1.807) is 16.4 Å². The van der Waals surface area contributed by atoms with Gasteiger partial charge in [-0.2, -0.15) is 4.31 Å². The second-order valence-electron chi connectivity index (χ2n) is 6.32. The first-order chi connectivity index (χ1) is 10.7. The summed E-state index contributed by atoms with van der Waals surface area (Å²) in [6.45, 7) is 1.26. The molecule has 122 valence electrons. The summed E-state index contributed by atoms with van der Waals surface area (Å²) in [6.07, 6.45) is 10.7. The van der Waals surface area contributed by atoms with E-state index in [1.807, 2.05) is 0 Å². The van der Waals surface area contributed by atoms with E-state index < -0.39 is 10.0 Å². The minimum Gasteiger partial charge on any atom is -0.367 e. The summed E-state index contributed by atoms with van der Waals surface area (Å²) in [7, 11) is -3.37. The van der Waals surface area contributed by atoms with Crippen molar-refractivity contribution in [3.05, 3.63) is 18.3 Å². The van der Waals surface area contributed by atoms with Gasteiger partial charge in [-0.1, -0.05) is 25.7 Å². The third-order valence-corrected chi connectivity index (χ3v) is 6.53. The number of nitrogens with one attached hydrogen (secondary N) is 1. The molecule has 0 atom stereocenters. The predicted octanol–water partition coefficient (Wildman–Crippen LogP) is 3.00. The molecule has 2 heterocycles. The Labute approximate surface area is 133 Å². The van der Waals surface area contributed by atoms with E-state index in [2.05, 4.69) is 10.3 Å². The summed E-state index contributed by atoms with van der Waals surface area (Å²) in [5.41, 5.74) is 0. The Bertz CT molecular complexity index is 574. The lowest BCUT2D eigenvalue weighted by molar-refractivity contribution is 0.346. The number of anilines is 1. The summed E-state index contributed by atoms with van der Waals surface area (Å²) >= 11 is 0. The van der Waals surface area contributed by atoms with Crippen LogP contribution in [0.1, 0.15) is 51.4 Å². The fourth-order valence-corrected chi connectivity index (χ4v) is 4.79. The topological polar surface area (TPSA) is 62.3 Å². The normalized spacial score (nSPS) is 21.6. The molecule has 2 fully saturated rings. The third kappa shape index (κ3) is 3.60. The molecule has 0 bridgehead atoms. The molecule has 3 rings (SSSR count). The maximum absolute atomic E-state index is 12.6. The summed E-state index contributed by atoms with van der Waals surface area (Å²) in [4.78, 5) is 4.63. The van der Waals surface area contributed by atoms with E-state index in [0.717, 1.165) is 25.1 Å². The van der Waals surface area contributed by atoms with Crippen LogP contribution in [0.25, 0.3) is 0 Å². The fourth-order valence-electron chi connectivity index (χ4n) is 3.33. The Hall–Kier alpha value is -1.14. The van der Waals surface area contributed by atoms with E-state index in [4.69, 9.17) is 0 Å². The van der Waals surface area contributed by atoms with Gasteiger partial charge in [0.15, 0.2) is 0 Å². The van der Waals surface area contributed by atoms with Crippen molar-refractivity contribution in [2.24, 2.45) is 0 Å². The molecular formula is C16H25N3O2S. The van der Waals surface area contributed by atoms with Crippen LogP contribution in [0.4, 0.5) is 5.82 Å². The van der Waals surface area contributed by atoms with Gasteiger partial charge >= 0.3 is 0 Å². The highest BCUT2D eigenvalue weighted by Gasteiger charge is 2.26. The van der Waals surface area contributed by atoms with Crippen molar-refractivity contribution >= 4 is 15.8 Å². The van der Waals surface area contributed by atoms with E-state index in [9.17, 15) is 8.42 Å². The summed E-state index contributed by atoms with van der Waals surface area (Å²) < 4.78 is 26.7. The number of nitrogens with zero attached hydrogens (tertiary/aromatic N) is 2. The van der Waals surface area contributed by atoms with Crippen LogP contribution < -0.4 is 5.32 Å². The Kier molecular flexibility index (Phi) is 4.98. The third-order valence-electron chi connectivity index (χ3n) is 4.65. The molecule has 1 aliphatic heterocycles. The monoisotopic (exact) mass is 323 g/mol. The van der Waals surface area contributed by atoms with Gasteiger partial charge < -0.3 is 5.32 Å². The van der Waals surface area contributed by atoms with Crippen molar-refractivity contribution in [2.75, 3.05) is 18.4 Å². The van der Waals surface area contributed by atoms with Crippen LogP contribution in [-0.4, -0.2) is 36.8 Å². The average Bonchev–Trinajstić information content (AvgIpc) is 2.57. The van der Waals surface area contributed by atoms with Crippen molar-refractivity contribution in [1.29, 1.82) is 0 Å². The highest BCUT2D eigenvalue weighted by molar-refractivity contribution is 7.89. The molecule has 1 N–H and O–H groups in total. The van der Waals surface area contributed by atoms with Crippen LogP contribution >= 0.6 is 0 Å². The van der Waals surface area contributed by atoms with E-state index >= 15 is 0 Å². The maximum atomic E-state index is 12.6. The van der Waals surface area contributed by atoms with Gasteiger partial charge in [0.25, 0.3) is 0 Å². The predicted molar refractivity (Wildman–Crippen MR) is 87.3 cm³/mol. The average molecular weight is 323 g/mol. The largest absolute Gasteiger partial charge is 0.367 e. The van der Waals surface area contributed by atoms with Crippen LogP contribution in [-0.2, 0) is 10.0 Å². The maximum Gasteiger partial charge on any atom is 0.244 e. The van der Waals surface area contributed by atoms with Gasteiger partial charge in [0.1, 0.15) is 10.7 Å². The Morgan fingerprint density at radius 3 is 2.32 bits per heavy atom. The van der Waals surface area contributed by atoms with Gasteiger partial charge in [0, 0.05) is 25.3 Å². The SMILES string of the molecule is O=S(=O)(c1ccc(NC2CCCCC2)nc1)N1CCCCC1. The zero-order valence-electron chi connectivity index (χ0n) is 13.0. The highest BCUT2D eigenvalue weighted by atomic mass is 32.2. The number of rotatable bonds is 4. The first-order valence-corrected chi connectivity index (χ1v) is 9.83. The lowest BCUT2D eigenvalue weighted by Gasteiger charge is -2.26. The zero-order valence-corrected chi connectivity index (χ0v) is 13.8. The first-order valence-electron chi connectivity index (χ1n) is 8.39. The van der Waals surface area contributed by atoms with E-state index in [-0.39, 0.29) is 0 Å². The van der Waals surface area contributed by atoms with Crippen LogP contribution in [0.3, 0.4) is 0 Å². The molecule has 22 heavy (non-hydrogen) atoms. The number of hydrogen-bond donors (Lipinski definition) is 1. The molecule has 2 aliphatic rings. The van der Waals surface area contributed by atoms with Crippen molar-refractivity contribution in [2.45, 2.75) is 62.3 Å². The van der Waals surface area contributed by atoms with E-state index in [0.29, 0.717) is 24.0 Å². The number of hydrogen-bond acceptors (Lipinski definition) is 4. The van der Waals surface area contributed by atoms with Crippen molar-refractivity contribution in [3.63, 3.8) is 0 Å². The number of sulfonamides is 1. The van der Waals surface area contributed by atoms with Crippen LogP contribution in [0.2, 0.25) is 0 Å². The molecule has 1 saturated carbocycles. The minimum absolute atomic E-state index is 0.309. The van der Waals surface area contributed by atoms with E-state index in [1.165, 1.54) is 38.3 Å². The molecule has 1 saturated heterocycles. The molecule has 6 heteroatoms. The quantitative estimate of drug-likeness (QED) is 0.925. The second-order valence-corrected chi connectivity index (χ2v) is 8.26. The first kappa shape index (κ1) is 15.7. The second kappa shape index (κ2) is 6.96. The summed E-state index contributed by atoms with van der Waals surface area (Å²) in [5, 5.41) is 3.42. The molecule has 1 aliphatic carbocycles. The molecule has 1 aromatic rings. The summed E-state index contributed by atoms with van der Waals surface area (Å²) in [5.74, 6) is 0.782. The number of pyridine rings is 1. The highest BCUT2D eigenvalue weighted by Crippen LogP contribution is 2.23. The Morgan fingerprint density at radius 2 is 1.68 bits per heavy atom. The standard InChI is InChI=1S/C16H25N3O2S/c20-22(21,19-11-5-2-6-12-19)15-9-10-16(17-13-15)18-14-7-3-1-4-8-14/h9-10,13-14H,1-8,11-12H2,(H,17,18). The molecule has 0 aromatic carbocycles. The lowest BCUT2D eigenvalue weighted by Crippen LogP contribution is -2.35. The van der Waals surface area contributed by atoms with Gasteiger partial charge in [-0.25, -0.2) is 13.4 Å². The van der Waals surface area contributed by atoms with Gasteiger partial charge in [-0.05, 0) is 37.8 Å². The fraction of sp³-hybridized carbons (Fsp3) is 0.688. The van der Waals surface area contributed by atoms with Gasteiger partial charge in [-0.15, -0.1) is 0 Å². The molecular weight excluding hydrogens is 298 g/mol. The smallest absolute Gasteiger partial charge is 0.244 e. The van der Waals surface area contributed by atoms with Crippen molar-refractivity contribution in [3.8, 4) is 0 Å². The van der Waals surface area contributed by atoms with Crippen LogP contribution in [0, 0.1) is 0 Å². The molecule has 0 unspecified atom stereocenters. The minimum atomic E-state index is -3.37. The number of aromatic nitrogens is 1. The van der Waals surface area contributed by atoms with Crippen molar-refractivity contribution < 1.29 is 8.42 Å². The molecule has 0 amide bonds. The van der Waals surface area contributed by atoms with Gasteiger partial charge in [0.2, 0.25) is 10.0 Å².